The lowest BCUT2D eigenvalue weighted by atomic mass is 9.97. The highest BCUT2D eigenvalue weighted by molar-refractivity contribution is 5.84. The first-order valence-electron chi connectivity index (χ1n) is 5.29. The molecule has 4 nitrogen and oxygen atoms in total. The minimum atomic E-state index is 0.444. The van der Waals surface area contributed by atoms with E-state index >= 15 is 0 Å². The van der Waals surface area contributed by atoms with Gasteiger partial charge in [0.2, 0.25) is 0 Å². The molecule has 16 heavy (non-hydrogen) atoms. The zero-order chi connectivity index (χ0) is 11.9. The number of fused-ring (bicyclic) bond motifs is 1. The van der Waals surface area contributed by atoms with E-state index < -0.39 is 0 Å². The van der Waals surface area contributed by atoms with Gasteiger partial charge in [0.25, 0.3) is 0 Å². The third-order valence-corrected chi connectivity index (χ3v) is 3.34. The summed E-state index contributed by atoms with van der Waals surface area (Å²) in [6.07, 6.45) is 1.84. The molecule has 0 fully saturated rings. The van der Waals surface area contributed by atoms with Crippen LogP contribution in [0.1, 0.15) is 22.3 Å². The topological polar surface area (TPSA) is 53.1 Å². The largest absolute Gasteiger partial charge is 0.333 e. The first kappa shape index (κ1) is 11.1. The van der Waals surface area contributed by atoms with Crippen LogP contribution in [0.15, 0.2) is 6.33 Å². The Balaban J connectivity index is 2.86. The number of aromatic nitrogens is 2. The van der Waals surface area contributed by atoms with Crippen LogP contribution < -0.4 is 5.90 Å². The van der Waals surface area contributed by atoms with Crippen LogP contribution in [0.2, 0.25) is 0 Å². The number of aryl methyl sites for hydroxylation is 3. The molecule has 2 aromatic rings. The van der Waals surface area contributed by atoms with Crippen molar-refractivity contribution in [1.82, 2.24) is 9.55 Å². The van der Waals surface area contributed by atoms with Gasteiger partial charge in [-0.05, 0) is 43.0 Å². The van der Waals surface area contributed by atoms with E-state index in [1.54, 1.807) is 0 Å². The standard InChI is InChI=1S/C12H17N3O/c1-7-8(2)11-12(15(4)6-14-11)9(3)10(7)5-16-13/h6H,5,13H2,1-4H3. The monoisotopic (exact) mass is 219 g/mol. The zero-order valence-electron chi connectivity index (χ0n) is 10.2. The number of imidazole rings is 1. The minimum Gasteiger partial charge on any atom is -0.333 e. The first-order chi connectivity index (χ1) is 7.57. The fourth-order valence-electron chi connectivity index (χ4n) is 2.27. The lowest BCUT2D eigenvalue weighted by molar-refractivity contribution is 0.123. The molecule has 1 aromatic heterocycles. The molecule has 2 N–H and O–H groups in total. The van der Waals surface area contributed by atoms with Crippen LogP contribution in [-0.2, 0) is 18.5 Å². The lowest BCUT2D eigenvalue weighted by Crippen LogP contribution is -2.05. The summed E-state index contributed by atoms with van der Waals surface area (Å²) in [5.74, 6) is 5.18. The van der Waals surface area contributed by atoms with Crippen LogP contribution in [0.3, 0.4) is 0 Å². The highest BCUT2D eigenvalue weighted by atomic mass is 16.6. The van der Waals surface area contributed by atoms with Crippen LogP contribution in [0.25, 0.3) is 11.0 Å². The van der Waals surface area contributed by atoms with Crippen LogP contribution in [0, 0.1) is 20.8 Å². The van der Waals surface area contributed by atoms with Crippen LogP contribution in [0.4, 0.5) is 0 Å². The van der Waals surface area contributed by atoms with Crippen molar-refractivity contribution in [3.8, 4) is 0 Å². The number of hydrogen-bond acceptors (Lipinski definition) is 3. The number of benzene rings is 1. The molecule has 0 aliphatic carbocycles. The van der Waals surface area contributed by atoms with Gasteiger partial charge >= 0.3 is 0 Å². The molecule has 0 radical (unpaired) electrons. The molecule has 86 valence electrons. The summed E-state index contributed by atoms with van der Waals surface area (Å²) in [4.78, 5) is 9.21. The second-order valence-corrected chi connectivity index (χ2v) is 4.22. The predicted molar refractivity (Wildman–Crippen MR) is 63.9 cm³/mol. The fourth-order valence-corrected chi connectivity index (χ4v) is 2.27. The van der Waals surface area contributed by atoms with Crippen LogP contribution in [0.5, 0.6) is 0 Å². The Morgan fingerprint density at radius 1 is 1.25 bits per heavy atom. The van der Waals surface area contributed by atoms with E-state index in [9.17, 15) is 0 Å². The number of nitrogens with two attached hydrogens (primary N) is 1. The van der Waals surface area contributed by atoms with Crippen LogP contribution >= 0.6 is 0 Å². The van der Waals surface area contributed by atoms with Gasteiger partial charge in [-0.15, -0.1) is 0 Å². The van der Waals surface area contributed by atoms with Crippen molar-refractivity contribution < 1.29 is 4.84 Å². The maximum Gasteiger partial charge on any atom is 0.0955 e. The fraction of sp³-hybridized carbons (Fsp3) is 0.417. The average Bonchev–Trinajstić information content (AvgIpc) is 2.64. The molecule has 4 heteroatoms. The number of rotatable bonds is 2. The van der Waals surface area contributed by atoms with Crippen molar-refractivity contribution >= 4 is 11.0 Å². The number of nitrogens with zero attached hydrogens (tertiary/aromatic N) is 2. The summed E-state index contributed by atoms with van der Waals surface area (Å²) in [6, 6.07) is 0. The molecule has 0 bridgehead atoms. The SMILES string of the molecule is Cc1c(CON)c(C)c2c(ncn2C)c1C. The summed E-state index contributed by atoms with van der Waals surface area (Å²) >= 11 is 0. The van der Waals surface area contributed by atoms with Crippen molar-refractivity contribution in [2.75, 3.05) is 0 Å². The molecule has 0 spiro atoms. The van der Waals surface area contributed by atoms with Gasteiger partial charge in [-0.25, -0.2) is 10.9 Å². The quantitative estimate of drug-likeness (QED) is 0.785. The Morgan fingerprint density at radius 3 is 2.56 bits per heavy atom. The summed E-state index contributed by atoms with van der Waals surface area (Å²) in [6.45, 7) is 6.71. The predicted octanol–water partition coefficient (Wildman–Crippen LogP) is 1.89. The molecular formula is C12H17N3O. The van der Waals surface area contributed by atoms with E-state index in [1.807, 2.05) is 17.9 Å². The summed E-state index contributed by atoms with van der Waals surface area (Å²) < 4.78 is 2.04. The zero-order valence-corrected chi connectivity index (χ0v) is 10.2. The van der Waals surface area contributed by atoms with Gasteiger partial charge in [-0.1, -0.05) is 0 Å². The smallest absolute Gasteiger partial charge is 0.0955 e. The molecule has 2 rings (SSSR count). The minimum absolute atomic E-state index is 0.444. The van der Waals surface area contributed by atoms with Crippen LogP contribution in [-0.4, -0.2) is 9.55 Å². The second-order valence-electron chi connectivity index (χ2n) is 4.22. The van der Waals surface area contributed by atoms with Gasteiger partial charge in [0.1, 0.15) is 0 Å². The van der Waals surface area contributed by atoms with Crippen molar-refractivity contribution in [2.45, 2.75) is 27.4 Å². The van der Waals surface area contributed by atoms with Crippen molar-refractivity contribution in [1.29, 1.82) is 0 Å². The molecular weight excluding hydrogens is 202 g/mol. The maximum absolute atomic E-state index is 5.18. The van der Waals surface area contributed by atoms with E-state index in [-0.39, 0.29) is 0 Å². The Labute approximate surface area is 95.0 Å². The van der Waals surface area contributed by atoms with Crippen molar-refractivity contribution in [2.24, 2.45) is 12.9 Å². The highest BCUT2D eigenvalue weighted by Crippen LogP contribution is 2.28. The highest BCUT2D eigenvalue weighted by Gasteiger charge is 2.14. The summed E-state index contributed by atoms with van der Waals surface area (Å²) in [5.41, 5.74) is 7.01. The second kappa shape index (κ2) is 3.88. The van der Waals surface area contributed by atoms with Gasteiger partial charge in [0.05, 0.1) is 24.0 Å². The third-order valence-electron chi connectivity index (χ3n) is 3.34. The molecule has 1 heterocycles. The van der Waals surface area contributed by atoms with E-state index in [0.29, 0.717) is 6.61 Å². The van der Waals surface area contributed by atoms with Gasteiger partial charge < -0.3 is 4.57 Å². The maximum atomic E-state index is 5.18. The Bertz CT molecular complexity index is 543. The molecule has 0 aliphatic rings. The van der Waals surface area contributed by atoms with E-state index in [0.717, 1.165) is 16.6 Å². The molecule has 0 saturated carbocycles. The average molecular weight is 219 g/mol. The molecule has 0 unspecified atom stereocenters. The molecule has 0 amide bonds. The summed E-state index contributed by atoms with van der Waals surface area (Å²) in [5, 5.41) is 0. The molecule has 0 atom stereocenters. The molecule has 0 aliphatic heterocycles. The Kier molecular flexibility index (Phi) is 2.69. The van der Waals surface area contributed by atoms with E-state index in [2.05, 4.69) is 25.8 Å². The first-order valence-corrected chi connectivity index (χ1v) is 5.29. The normalized spacial score (nSPS) is 11.3. The van der Waals surface area contributed by atoms with Crippen molar-refractivity contribution in [3.05, 3.63) is 28.6 Å². The van der Waals surface area contributed by atoms with Gasteiger partial charge in [0.15, 0.2) is 0 Å². The van der Waals surface area contributed by atoms with Crippen molar-refractivity contribution in [3.63, 3.8) is 0 Å². The van der Waals surface area contributed by atoms with E-state index in [4.69, 9.17) is 10.7 Å². The molecule has 0 saturated heterocycles. The summed E-state index contributed by atoms with van der Waals surface area (Å²) in [7, 11) is 2.00. The Morgan fingerprint density at radius 2 is 1.94 bits per heavy atom. The van der Waals surface area contributed by atoms with Gasteiger partial charge in [-0.3, -0.25) is 4.84 Å². The molecule has 1 aromatic carbocycles. The van der Waals surface area contributed by atoms with Gasteiger partial charge in [-0.2, -0.15) is 0 Å². The van der Waals surface area contributed by atoms with Gasteiger partial charge in [0, 0.05) is 7.05 Å². The Hall–Kier alpha value is -1.39. The third kappa shape index (κ3) is 1.42. The number of hydrogen-bond donors (Lipinski definition) is 1. The lowest BCUT2D eigenvalue weighted by Gasteiger charge is -2.13. The van der Waals surface area contributed by atoms with E-state index in [1.165, 1.54) is 16.7 Å².